The van der Waals surface area contributed by atoms with Crippen LogP contribution in [0.2, 0.25) is 0 Å². The molecule has 5 N–H and O–H groups in total. The monoisotopic (exact) mass is 1980 g/mol. The Labute approximate surface area is 846 Å². The molecule has 0 amide bonds. The first-order valence-electron chi connectivity index (χ1n) is 54.5. The molecule has 21 heteroatoms. The van der Waals surface area contributed by atoms with Crippen LogP contribution >= 0.6 is 15.9 Å². The van der Waals surface area contributed by atoms with Crippen LogP contribution < -0.4 is 0 Å². The van der Waals surface area contributed by atoms with E-state index in [0.29, 0.717) is 135 Å². The maximum atomic E-state index is 13.8. The van der Waals surface area contributed by atoms with Gasteiger partial charge in [-0.2, -0.15) is 20.4 Å². The molecular formula is C119H177BrN12O8. The molecule has 0 saturated heterocycles. The van der Waals surface area contributed by atoms with Gasteiger partial charge in [-0.05, 0) is 419 Å². The number of pyridine rings is 4. The first kappa shape index (κ1) is 105. The molecule has 0 unspecified atom stereocenters. The number of hydrogen-bond acceptors (Lipinski definition) is 16. The smallest absolute Gasteiger partial charge is 0.158 e. The first-order chi connectivity index (χ1) is 64.9. The molecule has 0 radical (unpaired) electrons. The van der Waals surface area contributed by atoms with E-state index in [1.54, 1.807) is 43.4 Å². The van der Waals surface area contributed by atoms with E-state index in [4.69, 9.17) is 0 Å². The van der Waals surface area contributed by atoms with Gasteiger partial charge in [-0.25, -0.2) is 0 Å². The quantitative estimate of drug-likeness (QED) is 0.0752. The molecule has 16 saturated carbocycles. The maximum absolute atomic E-state index is 13.8. The fourth-order valence-corrected chi connectivity index (χ4v) is 38.9. The third-order valence-corrected chi connectivity index (χ3v) is 45.7. The molecule has 768 valence electrons. The van der Waals surface area contributed by atoms with Gasteiger partial charge in [0.25, 0.3) is 0 Å². The van der Waals surface area contributed by atoms with Crippen LogP contribution in [0.25, 0.3) is 44.0 Å². The van der Waals surface area contributed by atoms with Gasteiger partial charge >= 0.3 is 0 Å². The number of nitrogens with zero attached hydrogens (tertiary/aromatic N) is 11. The van der Waals surface area contributed by atoms with Crippen molar-refractivity contribution in [2.24, 2.45) is 185 Å². The van der Waals surface area contributed by atoms with Gasteiger partial charge in [0.05, 0.1) is 89.0 Å². The number of fused-ring (bicyclic) bond motifs is 24. The minimum Gasteiger partial charge on any atom is -0.390 e. The van der Waals surface area contributed by atoms with E-state index in [2.05, 4.69) is 145 Å². The zero-order valence-corrected chi connectivity index (χ0v) is 87.4. The number of carbonyl (C=O) groups is 4. The molecule has 0 aromatic carbocycles. The van der Waals surface area contributed by atoms with E-state index >= 15 is 0 Å². The van der Waals surface area contributed by atoms with Gasteiger partial charge in [0.1, 0.15) is 23.5 Å². The van der Waals surface area contributed by atoms with E-state index < -0.39 is 22.4 Å². The molecule has 140 heavy (non-hydrogen) atoms. The van der Waals surface area contributed by atoms with Crippen molar-refractivity contribution in [1.29, 1.82) is 0 Å². The maximum Gasteiger partial charge on any atom is 0.158 e. The second kappa shape index (κ2) is 38.6. The Bertz CT molecular complexity index is 5540. The summed E-state index contributed by atoms with van der Waals surface area (Å²) in [7, 11) is 0. The van der Waals surface area contributed by atoms with Crippen molar-refractivity contribution in [2.75, 3.05) is 5.33 Å². The molecule has 8 heterocycles. The summed E-state index contributed by atoms with van der Waals surface area (Å²) in [4.78, 5) is 66.5. The number of nitrogens with one attached hydrogen (secondary N) is 1. The van der Waals surface area contributed by atoms with E-state index in [1.807, 2.05) is 96.9 Å². The number of aliphatic hydroxyl groups is 4. The minimum absolute atomic E-state index is 0. The van der Waals surface area contributed by atoms with Crippen LogP contribution in [0.4, 0.5) is 0 Å². The number of Topliss-reactive ketones (excluding diaryl/α,β-unsaturated/α-hetero) is 4. The van der Waals surface area contributed by atoms with Crippen LogP contribution in [0.3, 0.4) is 0 Å². The highest BCUT2D eigenvalue weighted by Crippen LogP contribution is 2.75. The molecule has 16 aliphatic carbocycles. The Morgan fingerprint density at radius 3 is 1.18 bits per heavy atom. The van der Waals surface area contributed by atoms with E-state index in [9.17, 15) is 39.6 Å². The summed E-state index contributed by atoms with van der Waals surface area (Å²) >= 11 is 3.45. The average molecular weight is 1980 g/mol. The number of hydrogen-bond donors (Lipinski definition) is 5. The fraction of sp³-hybridized carbons (Fsp3) is 0.765. The van der Waals surface area contributed by atoms with Gasteiger partial charge in [0, 0.05) is 82.6 Å². The lowest BCUT2D eigenvalue weighted by atomic mass is 9.44. The number of ketones is 4. The fourth-order valence-electron chi connectivity index (χ4n) is 38.6. The van der Waals surface area contributed by atoms with Gasteiger partial charge in [0.15, 0.2) is 17.3 Å². The molecule has 24 rings (SSSR count). The lowest BCUT2D eigenvalue weighted by molar-refractivity contribution is -0.151. The first-order valence-corrected chi connectivity index (χ1v) is 55.6. The zero-order chi connectivity index (χ0) is 96.7. The Morgan fingerprint density at radius 1 is 0.393 bits per heavy atom. The van der Waals surface area contributed by atoms with E-state index in [1.165, 1.54) is 135 Å². The van der Waals surface area contributed by atoms with Crippen LogP contribution in [-0.2, 0) is 38.8 Å². The van der Waals surface area contributed by atoms with E-state index in [-0.39, 0.29) is 67.6 Å². The van der Waals surface area contributed by atoms with Crippen LogP contribution in [-0.4, -0.2) is 131 Å². The van der Waals surface area contributed by atoms with Gasteiger partial charge in [-0.3, -0.25) is 48.6 Å². The third-order valence-electron chi connectivity index (χ3n) is 45.1. The normalized spacial score (nSPS) is 44.7. The molecule has 0 bridgehead atoms. The van der Waals surface area contributed by atoms with Gasteiger partial charge < -0.3 is 25.0 Å². The van der Waals surface area contributed by atoms with Crippen molar-refractivity contribution in [3.63, 3.8) is 0 Å². The van der Waals surface area contributed by atoms with Gasteiger partial charge in [-0.15, -0.1) is 5.10 Å². The molecule has 2 aliphatic heterocycles. The largest absolute Gasteiger partial charge is 0.390 e. The van der Waals surface area contributed by atoms with Crippen LogP contribution in [0.5, 0.6) is 0 Å². The van der Waals surface area contributed by atoms with Crippen molar-refractivity contribution in [2.45, 2.75) is 381 Å². The van der Waals surface area contributed by atoms with Crippen LogP contribution in [0.15, 0.2) is 98.6 Å². The Kier molecular flexibility index (Phi) is 28.9. The topological polar surface area (TPSA) is 283 Å². The summed E-state index contributed by atoms with van der Waals surface area (Å²) in [6.07, 6.45) is 59.2. The van der Waals surface area contributed by atoms with Gasteiger partial charge in [-0.1, -0.05) is 121 Å². The number of carbonyl (C=O) groups excluding carboxylic acids is 4. The summed E-state index contributed by atoms with van der Waals surface area (Å²) in [6.45, 7) is 38.7. The highest BCUT2D eigenvalue weighted by Gasteiger charge is 2.69. The highest BCUT2D eigenvalue weighted by atomic mass is 79.9. The second-order valence-electron chi connectivity index (χ2n) is 53.0. The lowest BCUT2D eigenvalue weighted by Gasteiger charge is -2.61. The standard InChI is InChI=1S/3C29H41N3O2.C23H37BrO2.C6H5N3.3CH4/c1-18-13-23-21-6-5-20-14-27(2,34)10-11-28(20,3)22(21)7-9-29(23,4)26(18)25(33)17-32-16-19-8-12-30-15-24(19)31-32;1-18-13-23-21-6-5-20-14-27(2,34)10-11-28(20,3)22(21)7-9-29(23,4)26(18)25(33)17-32-12-8-19-15-30-31-24(19)16-32;1-18-13-23-21-6-5-20-14-27(2,34)10-11-28(20,3)22(21)7-9-29(23,4)26(18)25(33)17-32-24-16-30-12-8-19(24)15-31-32;1-14-11-18-16-6-5-15-12-21(2,26)9-10-22(15,3)17(16)7-8-23(18,4)20(14)19(25)13-24;1-2-7-4-6-5(1)3-8-9-6;;;/h3*8,12,15-16,18,20-23,26,34H,5-7,9-11,13-14,17H2,1-4H3;14-18,20,26H,5-13H2,1-4H3;1-4H,(H,8,9);3*1H4/t3*18-,20+,21-,22+,23+,26-,27-,28+,29+;14-,15+,16-,17+,18+,20-,21-,22+,23+;;;;/m1111..../s1. The summed E-state index contributed by atoms with van der Waals surface area (Å²) in [5, 5.41) is 70.6. The van der Waals surface area contributed by atoms with Crippen LogP contribution in [0, 0.1) is 185 Å². The number of H-pyrrole nitrogens is 1. The predicted octanol–water partition coefficient (Wildman–Crippen LogP) is 25.4. The Balaban J connectivity index is 0.000000124. The lowest BCUT2D eigenvalue weighted by Crippen LogP contribution is -2.55. The summed E-state index contributed by atoms with van der Waals surface area (Å²) in [5.74, 6) is 15.5. The molecule has 6 aromatic rings. The number of rotatable bonds is 11. The summed E-state index contributed by atoms with van der Waals surface area (Å²) in [5.41, 5.74) is 4.82. The van der Waals surface area contributed by atoms with E-state index in [0.717, 1.165) is 168 Å². The van der Waals surface area contributed by atoms with Crippen molar-refractivity contribution >= 4 is 71.8 Å². The summed E-state index contributed by atoms with van der Waals surface area (Å²) < 4.78 is 5.71. The van der Waals surface area contributed by atoms with Gasteiger partial charge in [0.2, 0.25) is 0 Å². The van der Waals surface area contributed by atoms with Crippen molar-refractivity contribution < 1.29 is 39.6 Å². The molecule has 20 nitrogen and oxygen atoms in total. The Hall–Kier alpha value is -6.52. The molecule has 18 aliphatic rings. The predicted molar refractivity (Wildman–Crippen MR) is 561 cm³/mol. The van der Waals surface area contributed by atoms with Crippen LogP contribution in [0.1, 0.15) is 339 Å². The highest BCUT2D eigenvalue weighted by molar-refractivity contribution is 9.09. The zero-order valence-electron chi connectivity index (χ0n) is 85.8. The average Bonchev–Trinajstić information content (AvgIpc) is 1.45. The van der Waals surface area contributed by atoms with Crippen molar-refractivity contribution in [3.05, 3.63) is 98.6 Å². The molecule has 6 aromatic heterocycles. The number of alkyl halides is 1. The molecular weight excluding hydrogens is 1810 g/mol. The summed E-state index contributed by atoms with van der Waals surface area (Å²) in [6, 6.07) is 7.85. The molecule has 16 fully saturated rings. The Morgan fingerprint density at radius 2 is 0.771 bits per heavy atom. The van der Waals surface area contributed by atoms with Crippen molar-refractivity contribution in [1.82, 2.24) is 59.5 Å². The molecule has 0 spiro atoms. The SMILES string of the molecule is C.C.C.C[C@@H]1C[C@H]2[C@@H]3CC[C@H]4C[C@](C)(O)CC[C@]4(C)[C@H]3CC[C@]2(C)[C@H]1C(=O)CBr.C[C@@H]1C[C@H]2[C@@H]3CC[C@H]4C[C@](C)(O)CC[C@]4(C)[C@H]3CC[C@]2(C)[C@H]1C(=O)Cn1cc2ccncc2n1.C[C@@H]1C[C@H]2[C@@H]3CC[C@H]4C[C@](C)(O)CC[C@]4(C)[C@H]3CC[C@]2(C)[C@H]1C(=O)Cn1ccc2cnnc-2c1.C[C@@H]1C[C@H]2[C@@H]3CC[C@H]4C[C@](C)(O)CC[C@]4(C)[C@H]3CC[C@]2(C)[C@H]1C(=O)Cn1ncc2ccncc21.c1cc2cn[nH]c2cn1. The third kappa shape index (κ3) is 18.2. The molecule has 36 atom stereocenters. The number of halogens is 1. The van der Waals surface area contributed by atoms with Crippen molar-refractivity contribution in [3.8, 4) is 11.3 Å². The number of aromatic amines is 1. The minimum atomic E-state index is -0.480. The second-order valence-corrected chi connectivity index (χ2v) is 53.6. The number of aromatic nitrogens is 12.